The third kappa shape index (κ3) is 7.25. The molecule has 1 aromatic rings. The summed E-state index contributed by atoms with van der Waals surface area (Å²) in [6, 6.07) is 10.6. The van der Waals surface area contributed by atoms with Crippen LogP contribution in [-0.4, -0.2) is 31.6 Å². The van der Waals surface area contributed by atoms with E-state index >= 15 is 0 Å². The number of hydrogen-bond acceptors (Lipinski definition) is 2. The molecule has 1 N–H and O–H groups in total. The van der Waals surface area contributed by atoms with Gasteiger partial charge in [-0.05, 0) is 51.5 Å². The topological polar surface area (TPSA) is 15.3 Å². The largest absolute Gasteiger partial charge is 0.317 e. The van der Waals surface area contributed by atoms with Crippen molar-refractivity contribution in [2.24, 2.45) is 0 Å². The lowest BCUT2D eigenvalue weighted by Gasteiger charge is -2.16. The predicted octanol–water partition coefficient (Wildman–Crippen LogP) is 3.06. The minimum atomic E-state index is 1.04. The minimum Gasteiger partial charge on any atom is -0.317 e. The number of benzene rings is 1. The molecule has 18 heavy (non-hydrogen) atoms. The Morgan fingerprint density at radius 2 is 1.89 bits per heavy atom. The SMILES string of the molecule is C=CCCCNCCCN(C)Cc1ccccc1. The molecule has 0 aromatic heterocycles. The van der Waals surface area contributed by atoms with Gasteiger partial charge < -0.3 is 10.2 Å². The minimum absolute atomic E-state index is 1.04. The van der Waals surface area contributed by atoms with Crippen molar-refractivity contribution in [1.82, 2.24) is 10.2 Å². The van der Waals surface area contributed by atoms with Crippen molar-refractivity contribution >= 4 is 0 Å². The van der Waals surface area contributed by atoms with Crippen LogP contribution in [0.2, 0.25) is 0 Å². The van der Waals surface area contributed by atoms with E-state index in [0.717, 1.165) is 32.6 Å². The molecule has 0 atom stereocenters. The fourth-order valence-corrected chi connectivity index (χ4v) is 1.94. The van der Waals surface area contributed by atoms with Crippen LogP contribution in [0.15, 0.2) is 43.0 Å². The van der Waals surface area contributed by atoms with Crippen LogP contribution < -0.4 is 5.32 Å². The molecule has 0 heterocycles. The summed E-state index contributed by atoms with van der Waals surface area (Å²) in [4.78, 5) is 2.38. The maximum Gasteiger partial charge on any atom is 0.0230 e. The summed E-state index contributed by atoms with van der Waals surface area (Å²) in [6.45, 7) is 8.12. The van der Waals surface area contributed by atoms with Crippen molar-refractivity contribution in [2.75, 3.05) is 26.7 Å². The van der Waals surface area contributed by atoms with Crippen LogP contribution in [0.25, 0.3) is 0 Å². The summed E-state index contributed by atoms with van der Waals surface area (Å²) in [7, 11) is 2.19. The molecule has 0 saturated heterocycles. The molecule has 2 heteroatoms. The number of hydrogen-bond donors (Lipinski definition) is 1. The molecule has 1 aromatic carbocycles. The van der Waals surface area contributed by atoms with Crippen molar-refractivity contribution in [1.29, 1.82) is 0 Å². The van der Waals surface area contributed by atoms with Crippen molar-refractivity contribution in [2.45, 2.75) is 25.8 Å². The summed E-state index contributed by atoms with van der Waals surface area (Å²) in [6.07, 6.45) is 5.50. The van der Waals surface area contributed by atoms with E-state index in [1.807, 2.05) is 6.08 Å². The van der Waals surface area contributed by atoms with Gasteiger partial charge in [-0.25, -0.2) is 0 Å². The first-order valence-corrected chi connectivity index (χ1v) is 6.87. The van der Waals surface area contributed by atoms with Gasteiger partial charge >= 0.3 is 0 Å². The van der Waals surface area contributed by atoms with Crippen molar-refractivity contribution < 1.29 is 0 Å². The van der Waals surface area contributed by atoms with E-state index in [9.17, 15) is 0 Å². The Morgan fingerprint density at radius 3 is 2.61 bits per heavy atom. The Morgan fingerprint density at radius 1 is 1.17 bits per heavy atom. The van der Waals surface area contributed by atoms with Gasteiger partial charge in [0.2, 0.25) is 0 Å². The van der Waals surface area contributed by atoms with Crippen molar-refractivity contribution in [3.63, 3.8) is 0 Å². The standard InChI is InChI=1S/C16H26N2/c1-3-4-8-12-17-13-9-14-18(2)15-16-10-6-5-7-11-16/h3,5-7,10-11,17H,1,4,8-9,12-15H2,2H3. The molecule has 0 aliphatic heterocycles. The molecule has 0 unspecified atom stereocenters. The highest BCUT2D eigenvalue weighted by atomic mass is 15.1. The Hall–Kier alpha value is -1.12. The van der Waals surface area contributed by atoms with Crippen molar-refractivity contribution in [3.8, 4) is 0 Å². The second-order valence-electron chi connectivity index (χ2n) is 4.76. The summed E-state index contributed by atoms with van der Waals surface area (Å²) < 4.78 is 0. The zero-order chi connectivity index (χ0) is 13.1. The molecule has 0 amide bonds. The van der Waals surface area contributed by atoms with Gasteiger partial charge in [0.1, 0.15) is 0 Å². The lowest BCUT2D eigenvalue weighted by molar-refractivity contribution is 0.319. The average molecular weight is 246 g/mol. The Labute approximate surface area is 112 Å². The van der Waals surface area contributed by atoms with Gasteiger partial charge in [0.05, 0.1) is 0 Å². The number of nitrogens with zero attached hydrogens (tertiary/aromatic N) is 1. The van der Waals surface area contributed by atoms with Crippen LogP contribution >= 0.6 is 0 Å². The second-order valence-corrected chi connectivity index (χ2v) is 4.76. The quantitative estimate of drug-likeness (QED) is 0.504. The van der Waals surface area contributed by atoms with E-state index in [1.54, 1.807) is 0 Å². The lowest BCUT2D eigenvalue weighted by atomic mass is 10.2. The molecule has 2 nitrogen and oxygen atoms in total. The summed E-state index contributed by atoms with van der Waals surface area (Å²) in [5.41, 5.74) is 1.39. The van der Waals surface area contributed by atoms with Gasteiger partial charge in [-0.1, -0.05) is 36.4 Å². The molecule has 0 spiro atoms. The maximum atomic E-state index is 3.72. The molecular weight excluding hydrogens is 220 g/mol. The molecule has 0 saturated carbocycles. The van der Waals surface area contributed by atoms with E-state index in [1.165, 1.54) is 18.4 Å². The highest BCUT2D eigenvalue weighted by Gasteiger charge is 1.99. The average Bonchev–Trinajstić information content (AvgIpc) is 2.39. The highest BCUT2D eigenvalue weighted by molar-refractivity contribution is 5.14. The summed E-state index contributed by atoms with van der Waals surface area (Å²) in [5.74, 6) is 0. The smallest absolute Gasteiger partial charge is 0.0230 e. The van der Waals surface area contributed by atoms with E-state index in [-0.39, 0.29) is 0 Å². The summed E-state index contributed by atoms with van der Waals surface area (Å²) >= 11 is 0. The second kappa shape index (κ2) is 9.86. The third-order valence-corrected chi connectivity index (χ3v) is 2.95. The number of rotatable bonds is 10. The van der Waals surface area contributed by atoms with Crippen LogP contribution in [0.1, 0.15) is 24.8 Å². The number of nitrogens with one attached hydrogen (secondary N) is 1. The highest BCUT2D eigenvalue weighted by Crippen LogP contribution is 2.02. The van der Waals surface area contributed by atoms with Gasteiger partial charge in [-0.3, -0.25) is 0 Å². The lowest BCUT2D eigenvalue weighted by Crippen LogP contribution is -2.24. The van der Waals surface area contributed by atoms with Crippen LogP contribution in [0.4, 0.5) is 0 Å². The van der Waals surface area contributed by atoms with Crippen molar-refractivity contribution in [3.05, 3.63) is 48.6 Å². The first-order chi connectivity index (χ1) is 8.83. The molecule has 0 bridgehead atoms. The summed E-state index contributed by atoms with van der Waals surface area (Å²) in [5, 5.41) is 3.46. The van der Waals surface area contributed by atoms with E-state index in [4.69, 9.17) is 0 Å². The van der Waals surface area contributed by atoms with Crippen LogP contribution in [0.3, 0.4) is 0 Å². The Bertz CT molecular complexity index is 308. The van der Waals surface area contributed by atoms with Crippen LogP contribution in [0.5, 0.6) is 0 Å². The van der Waals surface area contributed by atoms with Gasteiger partial charge in [-0.15, -0.1) is 6.58 Å². The maximum absolute atomic E-state index is 3.72. The molecule has 100 valence electrons. The van der Waals surface area contributed by atoms with Crippen LogP contribution in [0, 0.1) is 0 Å². The molecule has 0 aliphatic carbocycles. The van der Waals surface area contributed by atoms with Gasteiger partial charge in [0.25, 0.3) is 0 Å². The third-order valence-electron chi connectivity index (χ3n) is 2.95. The first kappa shape index (κ1) is 14.9. The van der Waals surface area contributed by atoms with E-state index in [0.29, 0.717) is 0 Å². The number of unbranched alkanes of at least 4 members (excludes halogenated alkanes) is 1. The zero-order valence-electron chi connectivity index (χ0n) is 11.6. The Kier molecular flexibility index (Phi) is 8.19. The van der Waals surface area contributed by atoms with E-state index < -0.39 is 0 Å². The number of allylic oxidation sites excluding steroid dienone is 1. The molecule has 0 fully saturated rings. The van der Waals surface area contributed by atoms with Gasteiger partial charge in [0.15, 0.2) is 0 Å². The molecule has 0 radical (unpaired) electrons. The molecular formula is C16H26N2. The predicted molar refractivity (Wildman–Crippen MR) is 79.7 cm³/mol. The normalized spacial score (nSPS) is 10.8. The monoisotopic (exact) mass is 246 g/mol. The fourth-order valence-electron chi connectivity index (χ4n) is 1.94. The first-order valence-electron chi connectivity index (χ1n) is 6.87. The molecule has 1 rings (SSSR count). The van der Waals surface area contributed by atoms with Gasteiger partial charge in [0, 0.05) is 6.54 Å². The van der Waals surface area contributed by atoms with E-state index in [2.05, 4.69) is 54.2 Å². The molecule has 0 aliphatic rings. The Balaban J connectivity index is 2.00. The zero-order valence-corrected chi connectivity index (χ0v) is 11.6. The van der Waals surface area contributed by atoms with Gasteiger partial charge in [-0.2, -0.15) is 0 Å². The van der Waals surface area contributed by atoms with Crippen LogP contribution in [-0.2, 0) is 6.54 Å². The fraction of sp³-hybridized carbons (Fsp3) is 0.500.